The molecular formula is C23H21FN6O2S. The molecule has 0 saturated heterocycles. The average molecular weight is 465 g/mol. The van der Waals surface area contributed by atoms with Gasteiger partial charge in [-0.2, -0.15) is 10.2 Å². The number of carbonyl (C=O) groups excluding carboxylic acids is 1. The molecule has 2 aromatic carbocycles. The fourth-order valence-corrected chi connectivity index (χ4v) is 3.48. The van der Waals surface area contributed by atoms with Gasteiger partial charge in [0.1, 0.15) is 5.82 Å². The molecule has 0 unspecified atom stereocenters. The number of anilines is 2. The summed E-state index contributed by atoms with van der Waals surface area (Å²) in [5, 5.41) is 15.1. The minimum absolute atomic E-state index is 0.272. The van der Waals surface area contributed by atoms with Crippen molar-refractivity contribution in [2.75, 3.05) is 17.7 Å². The second-order valence-electron chi connectivity index (χ2n) is 7.14. The van der Waals surface area contributed by atoms with Crippen molar-refractivity contribution in [3.05, 3.63) is 95.7 Å². The summed E-state index contributed by atoms with van der Waals surface area (Å²) in [6, 6.07) is 15.5. The lowest BCUT2D eigenvalue weighted by molar-refractivity contribution is 0.0599. The summed E-state index contributed by atoms with van der Waals surface area (Å²) in [6.45, 7) is 0.710. The third-order valence-electron chi connectivity index (χ3n) is 4.82. The smallest absolute Gasteiger partial charge is 0.338 e. The summed E-state index contributed by atoms with van der Waals surface area (Å²) in [6.07, 6.45) is 5.15. The van der Waals surface area contributed by atoms with E-state index in [1.807, 2.05) is 12.1 Å². The van der Waals surface area contributed by atoms with Crippen molar-refractivity contribution >= 4 is 34.8 Å². The molecule has 0 spiro atoms. The minimum atomic E-state index is -0.393. The molecule has 2 N–H and O–H groups in total. The van der Waals surface area contributed by atoms with Gasteiger partial charge in [-0.05, 0) is 29.9 Å². The highest BCUT2D eigenvalue weighted by molar-refractivity contribution is 7.80. The van der Waals surface area contributed by atoms with Crippen LogP contribution in [0.3, 0.4) is 0 Å². The molecule has 0 aliphatic heterocycles. The Balaban J connectivity index is 1.35. The highest BCUT2D eigenvalue weighted by atomic mass is 32.1. The summed E-state index contributed by atoms with van der Waals surface area (Å²) in [7, 11) is 1.35. The average Bonchev–Trinajstić information content (AvgIpc) is 3.44. The van der Waals surface area contributed by atoms with Crippen LogP contribution >= 0.6 is 12.2 Å². The Labute approximate surface area is 195 Å². The van der Waals surface area contributed by atoms with Crippen molar-refractivity contribution < 1.29 is 13.9 Å². The van der Waals surface area contributed by atoms with Gasteiger partial charge in [-0.15, -0.1) is 0 Å². The predicted octanol–water partition coefficient (Wildman–Crippen LogP) is 3.91. The molecule has 4 rings (SSSR count). The molecule has 0 amide bonds. The van der Waals surface area contributed by atoms with Crippen molar-refractivity contribution in [3.63, 3.8) is 0 Å². The van der Waals surface area contributed by atoms with E-state index in [-0.39, 0.29) is 5.82 Å². The van der Waals surface area contributed by atoms with E-state index in [0.29, 0.717) is 40.8 Å². The van der Waals surface area contributed by atoms with Crippen LogP contribution in [0.5, 0.6) is 0 Å². The van der Waals surface area contributed by atoms with Gasteiger partial charge in [-0.1, -0.05) is 36.4 Å². The van der Waals surface area contributed by atoms with Crippen molar-refractivity contribution in [1.82, 2.24) is 19.6 Å². The van der Waals surface area contributed by atoms with Crippen LogP contribution in [0.15, 0.2) is 73.2 Å². The Kier molecular flexibility index (Phi) is 6.75. The van der Waals surface area contributed by atoms with Crippen molar-refractivity contribution in [2.24, 2.45) is 0 Å². The first-order chi connectivity index (χ1) is 16.0. The number of methoxy groups -OCH3 is 1. The van der Waals surface area contributed by atoms with Gasteiger partial charge in [-0.3, -0.25) is 9.36 Å². The van der Waals surface area contributed by atoms with E-state index in [1.54, 1.807) is 64.4 Å². The number of thiocarbonyl (C=S) groups is 1. The van der Waals surface area contributed by atoms with Crippen LogP contribution in [0.25, 0.3) is 0 Å². The van der Waals surface area contributed by atoms with Gasteiger partial charge in [0.25, 0.3) is 0 Å². The number of ether oxygens (including phenoxy) is 1. The molecule has 0 radical (unpaired) electrons. The second kappa shape index (κ2) is 10.0. The summed E-state index contributed by atoms with van der Waals surface area (Å²) in [4.78, 5) is 12.0. The van der Waals surface area contributed by atoms with E-state index in [1.165, 1.54) is 13.2 Å². The normalized spacial score (nSPS) is 10.6. The number of nitrogens with zero attached hydrogens (tertiary/aromatic N) is 4. The SMILES string of the molecule is COC(=O)c1ccccc1Cn1cc(NC(=S)Nc2ccn(Cc3ccccc3F)n2)cn1. The largest absolute Gasteiger partial charge is 0.465 e. The molecule has 2 aromatic heterocycles. The quantitative estimate of drug-likeness (QED) is 0.317. The van der Waals surface area contributed by atoms with Gasteiger partial charge >= 0.3 is 5.97 Å². The van der Waals surface area contributed by atoms with Crippen molar-refractivity contribution in [2.45, 2.75) is 13.1 Å². The molecule has 0 aliphatic rings. The van der Waals surface area contributed by atoms with E-state index < -0.39 is 5.97 Å². The lowest BCUT2D eigenvalue weighted by Gasteiger charge is -2.08. The van der Waals surface area contributed by atoms with Gasteiger partial charge in [0.05, 0.1) is 37.6 Å². The molecule has 10 heteroatoms. The molecule has 8 nitrogen and oxygen atoms in total. The lowest BCUT2D eigenvalue weighted by atomic mass is 10.1. The third kappa shape index (κ3) is 5.60. The third-order valence-corrected chi connectivity index (χ3v) is 5.02. The number of carbonyl (C=O) groups is 1. The van der Waals surface area contributed by atoms with Crippen LogP contribution in [0, 0.1) is 5.82 Å². The van der Waals surface area contributed by atoms with E-state index in [0.717, 1.165) is 5.56 Å². The summed E-state index contributed by atoms with van der Waals surface area (Å²) >= 11 is 5.36. The molecule has 0 bridgehead atoms. The Bertz CT molecular complexity index is 1290. The monoisotopic (exact) mass is 464 g/mol. The Morgan fingerprint density at radius 3 is 2.55 bits per heavy atom. The first-order valence-electron chi connectivity index (χ1n) is 10.1. The fourth-order valence-electron chi connectivity index (χ4n) is 3.25. The predicted molar refractivity (Wildman–Crippen MR) is 127 cm³/mol. The summed E-state index contributed by atoms with van der Waals surface area (Å²) in [5.41, 5.74) is 2.51. The number of hydrogen-bond acceptors (Lipinski definition) is 5. The van der Waals surface area contributed by atoms with Crippen molar-refractivity contribution in [3.8, 4) is 0 Å². The molecule has 0 aliphatic carbocycles. The number of rotatable bonds is 7. The zero-order valence-corrected chi connectivity index (χ0v) is 18.6. The van der Waals surface area contributed by atoms with Crippen LogP contribution < -0.4 is 10.6 Å². The zero-order valence-electron chi connectivity index (χ0n) is 17.7. The first-order valence-corrected chi connectivity index (χ1v) is 10.5. The number of halogens is 1. The molecule has 33 heavy (non-hydrogen) atoms. The summed E-state index contributed by atoms with van der Waals surface area (Å²) < 4.78 is 22.0. The molecule has 0 saturated carbocycles. The maximum absolute atomic E-state index is 13.8. The summed E-state index contributed by atoms with van der Waals surface area (Å²) in [5.74, 6) is -0.134. The Hall–Kier alpha value is -4.05. The minimum Gasteiger partial charge on any atom is -0.465 e. The molecule has 0 atom stereocenters. The lowest BCUT2D eigenvalue weighted by Crippen LogP contribution is -2.19. The molecular weight excluding hydrogens is 443 g/mol. The molecule has 2 heterocycles. The fraction of sp³-hybridized carbons (Fsp3) is 0.130. The topological polar surface area (TPSA) is 86.0 Å². The first kappa shape index (κ1) is 22.2. The Morgan fingerprint density at radius 1 is 1.03 bits per heavy atom. The van der Waals surface area contributed by atoms with Crippen LogP contribution in [0.4, 0.5) is 15.9 Å². The van der Waals surface area contributed by atoms with E-state index in [2.05, 4.69) is 20.8 Å². The number of nitrogens with one attached hydrogen (secondary N) is 2. The number of esters is 1. The molecule has 0 fully saturated rings. The number of hydrogen-bond donors (Lipinski definition) is 2. The van der Waals surface area contributed by atoms with Gasteiger partial charge in [-0.25, -0.2) is 9.18 Å². The maximum atomic E-state index is 13.8. The molecule has 4 aromatic rings. The van der Waals surface area contributed by atoms with Crippen molar-refractivity contribution in [1.29, 1.82) is 0 Å². The van der Waals surface area contributed by atoms with Crippen LogP contribution in [0.1, 0.15) is 21.5 Å². The van der Waals surface area contributed by atoms with Gasteiger partial charge in [0.15, 0.2) is 10.9 Å². The zero-order chi connectivity index (χ0) is 23.2. The standard InChI is InChI=1S/C23H21FN6O2S/c1-32-22(31)19-8-4-2-6-16(19)13-30-15-18(12-25-30)26-23(33)27-21-10-11-29(28-21)14-17-7-3-5-9-20(17)24/h2-12,15H,13-14H2,1H3,(H2,26,27,28,33). The van der Waals surface area contributed by atoms with E-state index >= 15 is 0 Å². The van der Waals surface area contributed by atoms with Crippen LogP contribution in [-0.4, -0.2) is 37.8 Å². The number of aromatic nitrogens is 4. The van der Waals surface area contributed by atoms with Gasteiger partial charge in [0.2, 0.25) is 0 Å². The molecule has 168 valence electrons. The highest BCUT2D eigenvalue weighted by Crippen LogP contribution is 2.14. The van der Waals surface area contributed by atoms with Gasteiger partial charge in [0, 0.05) is 24.0 Å². The highest BCUT2D eigenvalue weighted by Gasteiger charge is 2.12. The maximum Gasteiger partial charge on any atom is 0.338 e. The Morgan fingerprint density at radius 2 is 1.76 bits per heavy atom. The van der Waals surface area contributed by atoms with E-state index in [9.17, 15) is 9.18 Å². The number of benzene rings is 2. The van der Waals surface area contributed by atoms with Gasteiger partial charge < -0.3 is 15.4 Å². The van der Waals surface area contributed by atoms with Crippen LogP contribution in [0.2, 0.25) is 0 Å². The second-order valence-corrected chi connectivity index (χ2v) is 7.55. The van der Waals surface area contributed by atoms with Crippen LogP contribution in [-0.2, 0) is 17.8 Å². The van der Waals surface area contributed by atoms with E-state index in [4.69, 9.17) is 17.0 Å².